The molecule has 1 amide bonds. The average Bonchev–Trinajstić information content (AvgIpc) is 2.83. The fourth-order valence-corrected chi connectivity index (χ4v) is 2.48. The standard InChI is InChI=1S/C14H28N2O/c1-3-5-6-13(4-2)14(17)16-10-8-12-7-9-15-11-12/h12-13,15H,3-11H2,1-2H3,(H,16,17). The minimum Gasteiger partial charge on any atom is -0.356 e. The summed E-state index contributed by atoms with van der Waals surface area (Å²) in [6.07, 6.45) is 6.75. The molecule has 0 spiro atoms. The molecule has 0 saturated carbocycles. The van der Waals surface area contributed by atoms with Crippen LogP contribution in [0.5, 0.6) is 0 Å². The second-order valence-electron chi connectivity index (χ2n) is 5.19. The Morgan fingerprint density at radius 3 is 2.88 bits per heavy atom. The molecule has 100 valence electrons. The molecule has 1 saturated heterocycles. The highest BCUT2D eigenvalue weighted by Gasteiger charge is 2.17. The van der Waals surface area contributed by atoms with E-state index in [0.717, 1.165) is 44.8 Å². The Bertz CT molecular complexity index is 212. The van der Waals surface area contributed by atoms with Gasteiger partial charge >= 0.3 is 0 Å². The molecule has 2 unspecified atom stereocenters. The highest BCUT2D eigenvalue weighted by Crippen LogP contribution is 2.14. The first-order chi connectivity index (χ1) is 8.27. The molecule has 0 bridgehead atoms. The van der Waals surface area contributed by atoms with Gasteiger partial charge in [0.25, 0.3) is 0 Å². The molecule has 0 aromatic carbocycles. The number of carbonyl (C=O) groups is 1. The van der Waals surface area contributed by atoms with Crippen LogP contribution in [0.25, 0.3) is 0 Å². The van der Waals surface area contributed by atoms with Crippen LogP contribution in [0.15, 0.2) is 0 Å². The van der Waals surface area contributed by atoms with Crippen molar-refractivity contribution in [3.63, 3.8) is 0 Å². The molecular formula is C14H28N2O. The number of hydrogen-bond donors (Lipinski definition) is 2. The molecule has 2 atom stereocenters. The van der Waals surface area contributed by atoms with Gasteiger partial charge in [-0.2, -0.15) is 0 Å². The summed E-state index contributed by atoms with van der Waals surface area (Å²) in [5.41, 5.74) is 0. The van der Waals surface area contributed by atoms with Crippen molar-refractivity contribution in [2.24, 2.45) is 11.8 Å². The van der Waals surface area contributed by atoms with E-state index in [1.54, 1.807) is 0 Å². The van der Waals surface area contributed by atoms with Crippen molar-refractivity contribution in [3.05, 3.63) is 0 Å². The third kappa shape index (κ3) is 5.53. The lowest BCUT2D eigenvalue weighted by molar-refractivity contribution is -0.125. The Balaban J connectivity index is 2.12. The molecule has 0 radical (unpaired) electrons. The topological polar surface area (TPSA) is 41.1 Å². The zero-order valence-corrected chi connectivity index (χ0v) is 11.4. The van der Waals surface area contributed by atoms with E-state index in [1.165, 1.54) is 19.3 Å². The van der Waals surface area contributed by atoms with Gasteiger partial charge in [-0.15, -0.1) is 0 Å². The largest absolute Gasteiger partial charge is 0.356 e. The van der Waals surface area contributed by atoms with Gasteiger partial charge in [-0.1, -0.05) is 26.7 Å². The Labute approximate surface area is 106 Å². The van der Waals surface area contributed by atoms with Crippen molar-refractivity contribution in [2.45, 2.75) is 52.4 Å². The van der Waals surface area contributed by atoms with Gasteiger partial charge in [-0.05, 0) is 44.7 Å². The highest BCUT2D eigenvalue weighted by atomic mass is 16.1. The molecule has 2 N–H and O–H groups in total. The normalized spacial score (nSPS) is 21.4. The van der Waals surface area contributed by atoms with E-state index in [0.29, 0.717) is 0 Å². The smallest absolute Gasteiger partial charge is 0.223 e. The van der Waals surface area contributed by atoms with Crippen molar-refractivity contribution in [2.75, 3.05) is 19.6 Å². The van der Waals surface area contributed by atoms with Crippen LogP contribution in [0, 0.1) is 11.8 Å². The number of rotatable bonds is 8. The Kier molecular flexibility index (Phi) is 7.25. The van der Waals surface area contributed by atoms with Crippen LogP contribution in [0.1, 0.15) is 52.4 Å². The minimum absolute atomic E-state index is 0.233. The van der Waals surface area contributed by atoms with Crippen LogP contribution in [0.2, 0.25) is 0 Å². The number of carbonyl (C=O) groups excluding carboxylic acids is 1. The van der Waals surface area contributed by atoms with Crippen LogP contribution in [-0.2, 0) is 4.79 Å². The second kappa shape index (κ2) is 8.51. The zero-order valence-electron chi connectivity index (χ0n) is 11.4. The maximum absolute atomic E-state index is 11.9. The van der Waals surface area contributed by atoms with E-state index in [4.69, 9.17) is 0 Å². The van der Waals surface area contributed by atoms with Crippen molar-refractivity contribution in [1.82, 2.24) is 10.6 Å². The quantitative estimate of drug-likeness (QED) is 0.683. The molecule has 1 aliphatic heterocycles. The number of amides is 1. The van der Waals surface area contributed by atoms with Gasteiger partial charge in [0.2, 0.25) is 5.91 Å². The van der Waals surface area contributed by atoms with E-state index < -0.39 is 0 Å². The second-order valence-corrected chi connectivity index (χ2v) is 5.19. The van der Waals surface area contributed by atoms with Gasteiger partial charge in [0.15, 0.2) is 0 Å². The maximum atomic E-state index is 11.9. The SMILES string of the molecule is CCCCC(CC)C(=O)NCCC1CCNC1. The predicted molar refractivity (Wildman–Crippen MR) is 71.9 cm³/mol. The van der Waals surface area contributed by atoms with Crippen molar-refractivity contribution < 1.29 is 4.79 Å². The van der Waals surface area contributed by atoms with Crippen LogP contribution in [0.4, 0.5) is 0 Å². The molecular weight excluding hydrogens is 212 g/mol. The number of unbranched alkanes of at least 4 members (excludes halogenated alkanes) is 1. The third-order valence-electron chi connectivity index (χ3n) is 3.78. The summed E-state index contributed by atoms with van der Waals surface area (Å²) in [5.74, 6) is 1.27. The van der Waals surface area contributed by atoms with Crippen LogP contribution in [-0.4, -0.2) is 25.5 Å². The molecule has 3 heteroatoms. The van der Waals surface area contributed by atoms with E-state index >= 15 is 0 Å². The highest BCUT2D eigenvalue weighted by molar-refractivity contribution is 5.78. The van der Waals surface area contributed by atoms with Gasteiger partial charge in [-0.25, -0.2) is 0 Å². The van der Waals surface area contributed by atoms with E-state index in [9.17, 15) is 4.79 Å². The minimum atomic E-state index is 0.233. The Morgan fingerprint density at radius 2 is 2.29 bits per heavy atom. The first-order valence-corrected chi connectivity index (χ1v) is 7.26. The molecule has 0 aliphatic carbocycles. The molecule has 0 aromatic rings. The van der Waals surface area contributed by atoms with E-state index in [1.807, 2.05) is 0 Å². The summed E-state index contributed by atoms with van der Waals surface area (Å²) in [6.45, 7) is 7.42. The number of hydrogen-bond acceptors (Lipinski definition) is 2. The Hall–Kier alpha value is -0.570. The monoisotopic (exact) mass is 240 g/mol. The molecule has 1 aliphatic rings. The lowest BCUT2D eigenvalue weighted by Crippen LogP contribution is -2.32. The van der Waals surface area contributed by atoms with E-state index in [2.05, 4.69) is 24.5 Å². The summed E-state index contributed by atoms with van der Waals surface area (Å²) in [4.78, 5) is 11.9. The van der Waals surface area contributed by atoms with Crippen molar-refractivity contribution in [1.29, 1.82) is 0 Å². The number of nitrogens with one attached hydrogen (secondary N) is 2. The van der Waals surface area contributed by atoms with E-state index in [-0.39, 0.29) is 11.8 Å². The first kappa shape index (κ1) is 14.5. The molecule has 1 rings (SSSR count). The fourth-order valence-electron chi connectivity index (χ4n) is 2.48. The molecule has 17 heavy (non-hydrogen) atoms. The molecule has 1 heterocycles. The van der Waals surface area contributed by atoms with Gasteiger partial charge in [0.1, 0.15) is 0 Å². The van der Waals surface area contributed by atoms with Gasteiger partial charge in [0.05, 0.1) is 0 Å². The maximum Gasteiger partial charge on any atom is 0.223 e. The van der Waals surface area contributed by atoms with Gasteiger partial charge in [-0.3, -0.25) is 4.79 Å². The predicted octanol–water partition coefficient (Wildman–Crippen LogP) is 2.32. The van der Waals surface area contributed by atoms with Crippen molar-refractivity contribution >= 4 is 5.91 Å². The fraction of sp³-hybridized carbons (Fsp3) is 0.929. The summed E-state index contributed by atoms with van der Waals surface area (Å²) in [5, 5.41) is 6.46. The summed E-state index contributed by atoms with van der Waals surface area (Å²) < 4.78 is 0. The van der Waals surface area contributed by atoms with Gasteiger partial charge < -0.3 is 10.6 Å². The lowest BCUT2D eigenvalue weighted by atomic mass is 9.98. The molecule has 3 nitrogen and oxygen atoms in total. The van der Waals surface area contributed by atoms with Crippen LogP contribution >= 0.6 is 0 Å². The van der Waals surface area contributed by atoms with Crippen molar-refractivity contribution in [3.8, 4) is 0 Å². The summed E-state index contributed by atoms with van der Waals surface area (Å²) >= 11 is 0. The molecule has 1 fully saturated rings. The lowest BCUT2D eigenvalue weighted by Gasteiger charge is -2.15. The summed E-state index contributed by atoms with van der Waals surface area (Å²) in [7, 11) is 0. The molecule has 0 aromatic heterocycles. The Morgan fingerprint density at radius 1 is 1.47 bits per heavy atom. The first-order valence-electron chi connectivity index (χ1n) is 7.26. The van der Waals surface area contributed by atoms with Crippen LogP contribution < -0.4 is 10.6 Å². The zero-order chi connectivity index (χ0) is 12.5. The average molecular weight is 240 g/mol. The third-order valence-corrected chi connectivity index (χ3v) is 3.78. The summed E-state index contributed by atoms with van der Waals surface area (Å²) in [6, 6.07) is 0. The van der Waals surface area contributed by atoms with Gasteiger partial charge in [0, 0.05) is 12.5 Å². The van der Waals surface area contributed by atoms with Crippen LogP contribution in [0.3, 0.4) is 0 Å².